The van der Waals surface area contributed by atoms with Crippen molar-refractivity contribution in [3.63, 3.8) is 0 Å². The number of ether oxygens (including phenoxy) is 1. The molecule has 0 fully saturated rings. The molecule has 2 aromatic rings. The molecule has 1 aromatic heterocycles. The highest BCUT2D eigenvalue weighted by Crippen LogP contribution is 2.20. The second kappa shape index (κ2) is 4.81. The number of benzene rings is 1. The quantitative estimate of drug-likeness (QED) is 0.831. The van der Waals surface area contributed by atoms with Gasteiger partial charge in [0.2, 0.25) is 5.28 Å². The number of nitrogens with zero attached hydrogens (tertiary/aromatic N) is 2. The summed E-state index contributed by atoms with van der Waals surface area (Å²) in [4.78, 5) is 7.83. The maximum absolute atomic E-state index is 5.68. The van der Waals surface area contributed by atoms with Gasteiger partial charge in [0.1, 0.15) is 11.6 Å². The summed E-state index contributed by atoms with van der Waals surface area (Å²) in [6, 6.07) is 9.29. The highest BCUT2D eigenvalue weighted by atomic mass is 35.5. The summed E-state index contributed by atoms with van der Waals surface area (Å²) in [6.45, 7) is 0. The van der Waals surface area contributed by atoms with Gasteiger partial charge in [-0.15, -0.1) is 0 Å². The van der Waals surface area contributed by atoms with Crippen LogP contribution in [-0.4, -0.2) is 17.1 Å². The van der Waals surface area contributed by atoms with Crippen molar-refractivity contribution in [3.8, 4) is 5.75 Å². The van der Waals surface area contributed by atoms with E-state index in [-0.39, 0.29) is 5.28 Å². The molecule has 0 aliphatic heterocycles. The Morgan fingerprint density at radius 3 is 2.94 bits per heavy atom. The number of hydrogen-bond acceptors (Lipinski definition) is 4. The highest BCUT2D eigenvalue weighted by Gasteiger charge is 1.98. The summed E-state index contributed by atoms with van der Waals surface area (Å²) < 4.78 is 5.12. The van der Waals surface area contributed by atoms with Crippen LogP contribution in [-0.2, 0) is 0 Å². The lowest BCUT2D eigenvalue weighted by molar-refractivity contribution is 0.415. The van der Waals surface area contributed by atoms with E-state index < -0.39 is 0 Å². The minimum atomic E-state index is 0.216. The molecule has 0 saturated heterocycles. The molecule has 4 nitrogen and oxygen atoms in total. The SMILES string of the molecule is COc1cccc(Nc2ccnc(Cl)n2)c1. The second-order valence-electron chi connectivity index (χ2n) is 3.07. The molecule has 0 bridgehead atoms. The van der Waals surface area contributed by atoms with Gasteiger partial charge in [0, 0.05) is 18.0 Å². The van der Waals surface area contributed by atoms with Gasteiger partial charge in [0.25, 0.3) is 0 Å². The number of nitrogens with one attached hydrogen (secondary N) is 1. The zero-order chi connectivity index (χ0) is 11.4. The molecule has 0 spiro atoms. The van der Waals surface area contributed by atoms with Crippen LogP contribution in [0.15, 0.2) is 36.5 Å². The zero-order valence-corrected chi connectivity index (χ0v) is 9.40. The first-order valence-electron chi connectivity index (χ1n) is 4.67. The van der Waals surface area contributed by atoms with Crippen LogP contribution in [0.1, 0.15) is 0 Å². The van der Waals surface area contributed by atoms with Gasteiger partial charge in [-0.1, -0.05) is 6.07 Å². The van der Waals surface area contributed by atoms with E-state index >= 15 is 0 Å². The minimum Gasteiger partial charge on any atom is -0.497 e. The number of anilines is 2. The summed E-state index contributed by atoms with van der Waals surface area (Å²) in [5.74, 6) is 1.43. The lowest BCUT2D eigenvalue weighted by atomic mass is 10.3. The fourth-order valence-corrected chi connectivity index (χ4v) is 1.40. The molecule has 0 aliphatic carbocycles. The highest BCUT2D eigenvalue weighted by molar-refractivity contribution is 6.28. The first-order chi connectivity index (χ1) is 7.78. The molecule has 1 aromatic carbocycles. The van der Waals surface area contributed by atoms with E-state index in [9.17, 15) is 0 Å². The van der Waals surface area contributed by atoms with Crippen molar-refractivity contribution < 1.29 is 4.74 Å². The summed E-state index contributed by atoms with van der Waals surface area (Å²) >= 11 is 5.68. The molecule has 2 rings (SSSR count). The largest absolute Gasteiger partial charge is 0.497 e. The van der Waals surface area contributed by atoms with Gasteiger partial charge in [-0.25, -0.2) is 9.97 Å². The molecular formula is C11H10ClN3O. The van der Waals surface area contributed by atoms with Crippen LogP contribution in [0.5, 0.6) is 5.75 Å². The third-order valence-corrected chi connectivity index (χ3v) is 2.15. The van der Waals surface area contributed by atoms with Gasteiger partial charge < -0.3 is 10.1 Å². The zero-order valence-electron chi connectivity index (χ0n) is 8.64. The summed E-state index contributed by atoms with van der Waals surface area (Å²) in [5.41, 5.74) is 0.883. The first-order valence-corrected chi connectivity index (χ1v) is 5.05. The van der Waals surface area contributed by atoms with Crippen molar-refractivity contribution in [2.75, 3.05) is 12.4 Å². The van der Waals surface area contributed by atoms with E-state index in [0.717, 1.165) is 11.4 Å². The Balaban J connectivity index is 2.20. The number of methoxy groups -OCH3 is 1. The van der Waals surface area contributed by atoms with Gasteiger partial charge in [-0.05, 0) is 29.8 Å². The van der Waals surface area contributed by atoms with Crippen molar-refractivity contribution in [2.45, 2.75) is 0 Å². The van der Waals surface area contributed by atoms with Crippen LogP contribution < -0.4 is 10.1 Å². The van der Waals surface area contributed by atoms with E-state index in [1.807, 2.05) is 24.3 Å². The number of hydrogen-bond donors (Lipinski definition) is 1. The summed E-state index contributed by atoms with van der Waals surface area (Å²) in [5, 5.41) is 3.32. The maximum Gasteiger partial charge on any atom is 0.224 e. The Morgan fingerprint density at radius 1 is 1.31 bits per heavy atom. The predicted octanol–water partition coefficient (Wildman–Crippen LogP) is 2.88. The molecule has 82 valence electrons. The van der Waals surface area contributed by atoms with Gasteiger partial charge >= 0.3 is 0 Å². The molecule has 0 unspecified atom stereocenters. The first kappa shape index (κ1) is 10.7. The van der Waals surface area contributed by atoms with Crippen LogP contribution in [0.4, 0.5) is 11.5 Å². The maximum atomic E-state index is 5.68. The lowest BCUT2D eigenvalue weighted by Crippen LogP contribution is -1.94. The topological polar surface area (TPSA) is 47.0 Å². The van der Waals surface area contributed by atoms with Gasteiger partial charge in [-0.2, -0.15) is 0 Å². The van der Waals surface area contributed by atoms with Gasteiger partial charge in [-0.3, -0.25) is 0 Å². The molecule has 1 heterocycles. The average molecular weight is 236 g/mol. The van der Waals surface area contributed by atoms with E-state index in [1.54, 1.807) is 19.4 Å². The monoisotopic (exact) mass is 235 g/mol. The van der Waals surface area contributed by atoms with Gasteiger partial charge in [0.15, 0.2) is 0 Å². The molecule has 16 heavy (non-hydrogen) atoms. The van der Waals surface area contributed by atoms with Crippen molar-refractivity contribution in [2.24, 2.45) is 0 Å². The van der Waals surface area contributed by atoms with Crippen LogP contribution in [0.3, 0.4) is 0 Å². The molecule has 1 N–H and O–H groups in total. The Bertz CT molecular complexity index is 490. The number of halogens is 1. The van der Waals surface area contributed by atoms with E-state index in [4.69, 9.17) is 16.3 Å². The fraction of sp³-hybridized carbons (Fsp3) is 0.0909. The molecule has 0 radical (unpaired) electrons. The van der Waals surface area contributed by atoms with Crippen molar-refractivity contribution >= 4 is 23.1 Å². The second-order valence-corrected chi connectivity index (χ2v) is 3.41. The third kappa shape index (κ3) is 2.61. The van der Waals surface area contributed by atoms with E-state index in [2.05, 4.69) is 15.3 Å². The Morgan fingerprint density at radius 2 is 2.19 bits per heavy atom. The molecule has 0 aliphatic rings. The average Bonchev–Trinajstić information content (AvgIpc) is 2.29. The van der Waals surface area contributed by atoms with Crippen LogP contribution in [0.25, 0.3) is 0 Å². The van der Waals surface area contributed by atoms with Crippen molar-refractivity contribution in [3.05, 3.63) is 41.8 Å². The van der Waals surface area contributed by atoms with Crippen molar-refractivity contribution in [1.82, 2.24) is 9.97 Å². The molecular weight excluding hydrogens is 226 g/mol. The summed E-state index contributed by atoms with van der Waals surface area (Å²) in [6.07, 6.45) is 1.60. The van der Waals surface area contributed by atoms with E-state index in [1.165, 1.54) is 0 Å². The number of aromatic nitrogens is 2. The van der Waals surface area contributed by atoms with Crippen LogP contribution in [0, 0.1) is 0 Å². The lowest BCUT2D eigenvalue weighted by Gasteiger charge is -2.06. The molecule has 0 amide bonds. The normalized spacial score (nSPS) is 9.88. The Labute approximate surface area is 98.3 Å². The van der Waals surface area contributed by atoms with Gasteiger partial charge in [0.05, 0.1) is 7.11 Å². The predicted molar refractivity (Wildman–Crippen MR) is 63.3 cm³/mol. The minimum absolute atomic E-state index is 0.216. The number of rotatable bonds is 3. The fourth-order valence-electron chi connectivity index (χ4n) is 1.25. The molecule has 0 atom stereocenters. The molecule has 5 heteroatoms. The Kier molecular flexibility index (Phi) is 3.22. The third-order valence-electron chi connectivity index (χ3n) is 1.97. The van der Waals surface area contributed by atoms with Crippen LogP contribution in [0.2, 0.25) is 5.28 Å². The smallest absolute Gasteiger partial charge is 0.224 e. The summed E-state index contributed by atoms with van der Waals surface area (Å²) in [7, 11) is 1.63. The van der Waals surface area contributed by atoms with Crippen molar-refractivity contribution in [1.29, 1.82) is 0 Å². The molecule has 0 saturated carbocycles. The Hall–Kier alpha value is -1.81. The standard InChI is InChI=1S/C11H10ClN3O/c1-16-9-4-2-3-8(7-9)14-10-5-6-13-11(12)15-10/h2-7H,1H3,(H,13,14,15). The van der Waals surface area contributed by atoms with Crippen LogP contribution >= 0.6 is 11.6 Å². The van der Waals surface area contributed by atoms with E-state index in [0.29, 0.717) is 5.82 Å².